The van der Waals surface area contributed by atoms with Crippen LogP contribution in [-0.4, -0.2) is 47.8 Å². The number of rotatable bonds is 6. The number of guanidine groups is 1. The van der Waals surface area contributed by atoms with Crippen LogP contribution in [-0.2, 0) is 6.18 Å². The van der Waals surface area contributed by atoms with E-state index in [4.69, 9.17) is 0 Å². The summed E-state index contributed by atoms with van der Waals surface area (Å²) in [4.78, 5) is 8.16. The first-order valence-corrected chi connectivity index (χ1v) is 8.89. The van der Waals surface area contributed by atoms with Gasteiger partial charge < -0.3 is 21.1 Å². The Bertz CT molecular complexity index is 592. The fourth-order valence-electron chi connectivity index (χ4n) is 2.85. The van der Waals surface area contributed by atoms with E-state index in [1.807, 2.05) is 6.92 Å². The van der Waals surface area contributed by atoms with Crippen molar-refractivity contribution in [3.05, 3.63) is 23.9 Å². The number of hydrogen-bond donors (Lipinski definition) is 4. The van der Waals surface area contributed by atoms with E-state index in [0.29, 0.717) is 19.0 Å². The van der Waals surface area contributed by atoms with Crippen molar-refractivity contribution in [1.82, 2.24) is 15.6 Å². The minimum atomic E-state index is -4.44. The van der Waals surface area contributed by atoms with Crippen molar-refractivity contribution in [3.8, 4) is 0 Å². The maximum Gasteiger partial charge on any atom is 0.419 e. The largest absolute Gasteiger partial charge is 0.419 e. The Morgan fingerprint density at radius 1 is 1.30 bits per heavy atom. The van der Waals surface area contributed by atoms with Crippen LogP contribution in [0.3, 0.4) is 0 Å². The van der Waals surface area contributed by atoms with E-state index < -0.39 is 11.7 Å². The molecule has 0 amide bonds. The molecule has 27 heavy (non-hydrogen) atoms. The maximum atomic E-state index is 12.9. The third kappa shape index (κ3) is 8.08. The number of aliphatic hydroxyl groups excluding tert-OH is 1. The van der Waals surface area contributed by atoms with Crippen LogP contribution in [0.1, 0.15) is 38.2 Å². The van der Waals surface area contributed by atoms with Crippen LogP contribution in [0.15, 0.2) is 23.3 Å². The Morgan fingerprint density at radius 2 is 2.00 bits per heavy atom. The molecule has 0 aliphatic heterocycles. The second kappa shape index (κ2) is 11.5. The lowest BCUT2D eigenvalue weighted by Crippen LogP contribution is -2.45. The normalized spacial score (nSPS) is 20.6. The zero-order valence-electron chi connectivity index (χ0n) is 15.2. The molecule has 1 fully saturated rings. The van der Waals surface area contributed by atoms with Gasteiger partial charge in [0.15, 0.2) is 5.96 Å². The number of nitrogens with zero attached hydrogens (tertiary/aromatic N) is 2. The van der Waals surface area contributed by atoms with Crippen molar-refractivity contribution in [3.63, 3.8) is 0 Å². The molecule has 154 valence electrons. The number of pyridine rings is 1. The van der Waals surface area contributed by atoms with Gasteiger partial charge in [-0.05, 0) is 44.7 Å². The number of aromatic nitrogens is 1. The molecule has 0 saturated heterocycles. The van der Waals surface area contributed by atoms with Crippen LogP contribution in [0.5, 0.6) is 0 Å². The summed E-state index contributed by atoms with van der Waals surface area (Å²) in [6, 6.07) is 2.51. The number of nitrogens with one attached hydrogen (secondary N) is 3. The van der Waals surface area contributed by atoms with E-state index in [9.17, 15) is 18.3 Å². The molecule has 1 aromatic heterocycles. The summed E-state index contributed by atoms with van der Waals surface area (Å²) >= 11 is 0. The summed E-state index contributed by atoms with van der Waals surface area (Å²) in [5.74, 6) is 0.446. The van der Waals surface area contributed by atoms with Crippen molar-refractivity contribution in [2.24, 2.45) is 4.99 Å². The zero-order chi connectivity index (χ0) is 19.0. The molecular weight excluding hydrogens is 474 g/mol. The van der Waals surface area contributed by atoms with Crippen molar-refractivity contribution in [2.45, 2.75) is 50.9 Å². The van der Waals surface area contributed by atoms with Gasteiger partial charge in [0, 0.05) is 25.3 Å². The molecule has 0 atom stereocenters. The fourth-order valence-corrected chi connectivity index (χ4v) is 2.85. The maximum absolute atomic E-state index is 12.9. The summed E-state index contributed by atoms with van der Waals surface area (Å²) in [5, 5.41) is 18.7. The van der Waals surface area contributed by atoms with E-state index >= 15 is 0 Å². The van der Waals surface area contributed by atoms with Gasteiger partial charge in [0.2, 0.25) is 0 Å². The highest BCUT2D eigenvalue weighted by Crippen LogP contribution is 2.33. The first-order chi connectivity index (χ1) is 12.4. The zero-order valence-corrected chi connectivity index (χ0v) is 17.6. The second-order valence-electron chi connectivity index (χ2n) is 6.23. The van der Waals surface area contributed by atoms with Gasteiger partial charge in [0.25, 0.3) is 0 Å². The molecular formula is C17H27F3IN5O. The van der Waals surface area contributed by atoms with Gasteiger partial charge in [0.05, 0.1) is 18.2 Å². The molecule has 1 aliphatic rings. The molecule has 10 heteroatoms. The van der Waals surface area contributed by atoms with Crippen LogP contribution in [0.25, 0.3) is 0 Å². The molecule has 1 heterocycles. The predicted octanol–water partition coefficient (Wildman–Crippen LogP) is 2.99. The van der Waals surface area contributed by atoms with Crippen molar-refractivity contribution < 1.29 is 18.3 Å². The summed E-state index contributed by atoms with van der Waals surface area (Å²) in [6.07, 6.45) is -0.0829. The highest BCUT2D eigenvalue weighted by molar-refractivity contribution is 14.0. The molecule has 1 aliphatic carbocycles. The number of aliphatic imine (C=N–C) groups is 1. The number of aliphatic hydroxyl groups is 1. The van der Waals surface area contributed by atoms with Gasteiger partial charge in [-0.15, -0.1) is 24.0 Å². The first kappa shape index (κ1) is 23.7. The van der Waals surface area contributed by atoms with E-state index in [1.165, 1.54) is 12.3 Å². The molecule has 0 aromatic carbocycles. The van der Waals surface area contributed by atoms with E-state index in [1.54, 1.807) is 0 Å². The van der Waals surface area contributed by atoms with Crippen LogP contribution in [0.4, 0.5) is 19.0 Å². The molecule has 2 rings (SSSR count). The highest BCUT2D eigenvalue weighted by atomic mass is 127. The van der Waals surface area contributed by atoms with Crippen LogP contribution in [0.2, 0.25) is 0 Å². The van der Waals surface area contributed by atoms with Gasteiger partial charge >= 0.3 is 6.18 Å². The SMILES string of the molecule is CCNC(=NCCNc1ncccc1C(F)(F)F)NC1CCC(O)CC1.I. The summed E-state index contributed by atoms with van der Waals surface area (Å²) in [7, 11) is 0. The minimum absolute atomic E-state index is 0. The number of alkyl halides is 3. The van der Waals surface area contributed by atoms with Crippen LogP contribution in [0, 0.1) is 0 Å². The van der Waals surface area contributed by atoms with Crippen LogP contribution < -0.4 is 16.0 Å². The summed E-state index contributed by atoms with van der Waals surface area (Å²) < 4.78 is 38.8. The molecule has 6 nitrogen and oxygen atoms in total. The Balaban J connectivity index is 0.00000364. The van der Waals surface area contributed by atoms with E-state index in [0.717, 1.165) is 31.7 Å². The molecule has 0 bridgehead atoms. The average molecular weight is 501 g/mol. The fraction of sp³-hybridized carbons (Fsp3) is 0.647. The third-order valence-electron chi connectivity index (χ3n) is 4.17. The highest BCUT2D eigenvalue weighted by Gasteiger charge is 2.33. The average Bonchev–Trinajstić information content (AvgIpc) is 2.60. The summed E-state index contributed by atoms with van der Waals surface area (Å²) in [5.41, 5.74) is -0.783. The van der Waals surface area contributed by atoms with Crippen molar-refractivity contribution in [2.75, 3.05) is 25.0 Å². The Kier molecular flexibility index (Phi) is 10.1. The molecule has 0 unspecified atom stereocenters. The Labute approximate surface area is 174 Å². The molecule has 4 N–H and O–H groups in total. The lowest BCUT2D eigenvalue weighted by Gasteiger charge is -2.27. The Morgan fingerprint density at radius 3 is 2.63 bits per heavy atom. The summed E-state index contributed by atoms with van der Waals surface area (Å²) in [6.45, 7) is 3.18. The molecule has 0 spiro atoms. The van der Waals surface area contributed by atoms with Gasteiger partial charge in [-0.2, -0.15) is 13.2 Å². The smallest absolute Gasteiger partial charge is 0.393 e. The number of halogens is 4. The quantitative estimate of drug-likeness (QED) is 0.209. The lowest BCUT2D eigenvalue weighted by atomic mass is 9.93. The second-order valence-corrected chi connectivity index (χ2v) is 6.23. The predicted molar refractivity (Wildman–Crippen MR) is 111 cm³/mol. The monoisotopic (exact) mass is 501 g/mol. The van der Waals surface area contributed by atoms with Gasteiger partial charge in [-0.25, -0.2) is 4.98 Å². The van der Waals surface area contributed by atoms with Crippen LogP contribution >= 0.6 is 24.0 Å². The Hall–Kier alpha value is -1.30. The van der Waals surface area contributed by atoms with Gasteiger partial charge in [-0.1, -0.05) is 0 Å². The van der Waals surface area contributed by atoms with E-state index in [-0.39, 0.29) is 48.5 Å². The number of hydrogen-bond acceptors (Lipinski definition) is 4. The topological polar surface area (TPSA) is 81.6 Å². The molecule has 1 saturated carbocycles. The lowest BCUT2D eigenvalue weighted by molar-refractivity contribution is -0.137. The standard InChI is InChI=1S/C17H26F3N5O.HI/c1-2-21-16(25-12-5-7-13(26)8-6-12)24-11-10-23-15-14(17(18,19)20)4-3-9-22-15;/h3-4,9,12-13,26H,2,5-8,10-11H2,1H3,(H,22,23)(H2,21,24,25);1H. The third-order valence-corrected chi connectivity index (χ3v) is 4.17. The van der Waals surface area contributed by atoms with Crippen molar-refractivity contribution in [1.29, 1.82) is 0 Å². The molecule has 1 aromatic rings. The molecule has 0 radical (unpaired) electrons. The minimum Gasteiger partial charge on any atom is -0.393 e. The van der Waals surface area contributed by atoms with Crippen molar-refractivity contribution >= 4 is 35.8 Å². The first-order valence-electron chi connectivity index (χ1n) is 8.89. The van der Waals surface area contributed by atoms with Gasteiger partial charge in [-0.3, -0.25) is 4.99 Å². The van der Waals surface area contributed by atoms with E-state index in [2.05, 4.69) is 25.9 Å². The number of anilines is 1. The van der Waals surface area contributed by atoms with Gasteiger partial charge in [0.1, 0.15) is 5.82 Å².